The molecule has 2 aromatic rings. The lowest BCUT2D eigenvalue weighted by Crippen LogP contribution is -2.34. The van der Waals surface area contributed by atoms with Gasteiger partial charge < -0.3 is 0 Å². The molecule has 0 aromatic heterocycles. The smallest absolute Gasteiger partial charge is 0.298 e. The van der Waals surface area contributed by atoms with Crippen LogP contribution in [-0.2, 0) is 6.54 Å². The van der Waals surface area contributed by atoms with Gasteiger partial charge in [0.2, 0.25) is 0 Å². The molecule has 0 radical (unpaired) electrons. The Morgan fingerprint density at radius 1 is 0.905 bits per heavy atom. The second-order valence-electron chi connectivity index (χ2n) is 4.48. The molecule has 0 aliphatic rings. The van der Waals surface area contributed by atoms with E-state index in [9.17, 15) is 22.0 Å². The summed E-state index contributed by atoms with van der Waals surface area (Å²) in [6, 6.07) is 8.87. The molecule has 2 rings (SSSR count). The lowest BCUT2D eigenvalue weighted by molar-refractivity contribution is -0.158. The quantitative estimate of drug-likeness (QED) is 0.827. The first kappa shape index (κ1) is 15.4. The largest absolute Gasteiger partial charge is 0.408 e. The van der Waals surface area contributed by atoms with E-state index < -0.39 is 29.4 Å². The normalized spacial score (nSPS) is 13.2. The summed E-state index contributed by atoms with van der Waals surface area (Å²) in [6.45, 7) is -0.110. The first-order valence-corrected chi connectivity index (χ1v) is 6.17. The van der Waals surface area contributed by atoms with Crippen LogP contribution in [0, 0.1) is 11.6 Å². The molecule has 0 aliphatic heterocycles. The molecule has 2 aromatic carbocycles. The first-order valence-electron chi connectivity index (χ1n) is 6.17. The molecule has 0 amide bonds. The van der Waals surface area contributed by atoms with Crippen molar-refractivity contribution in [1.29, 1.82) is 0 Å². The van der Waals surface area contributed by atoms with E-state index in [1.165, 1.54) is 0 Å². The molecule has 0 fully saturated rings. The van der Waals surface area contributed by atoms with Crippen LogP contribution in [-0.4, -0.2) is 6.18 Å². The SMILES string of the molecule is Fc1cccc([C@H](NCc2ccccc2)C(F)(F)F)c1F. The van der Waals surface area contributed by atoms with Crippen molar-refractivity contribution in [3.8, 4) is 0 Å². The summed E-state index contributed by atoms with van der Waals surface area (Å²) in [6.07, 6.45) is -4.73. The molecule has 0 aliphatic carbocycles. The zero-order valence-corrected chi connectivity index (χ0v) is 10.8. The van der Waals surface area contributed by atoms with Crippen LogP contribution in [0.5, 0.6) is 0 Å². The number of rotatable bonds is 4. The van der Waals surface area contributed by atoms with E-state index in [2.05, 4.69) is 5.32 Å². The Morgan fingerprint density at radius 2 is 1.57 bits per heavy atom. The van der Waals surface area contributed by atoms with E-state index in [0.29, 0.717) is 5.56 Å². The molecule has 0 heterocycles. The zero-order chi connectivity index (χ0) is 15.5. The van der Waals surface area contributed by atoms with Crippen LogP contribution in [0.2, 0.25) is 0 Å². The molecule has 1 nitrogen and oxygen atoms in total. The highest BCUT2D eigenvalue weighted by atomic mass is 19.4. The van der Waals surface area contributed by atoms with E-state index in [4.69, 9.17) is 0 Å². The molecule has 21 heavy (non-hydrogen) atoms. The molecule has 0 bridgehead atoms. The lowest BCUT2D eigenvalue weighted by atomic mass is 10.0. The van der Waals surface area contributed by atoms with Crippen molar-refractivity contribution in [3.05, 3.63) is 71.3 Å². The van der Waals surface area contributed by atoms with Crippen molar-refractivity contribution in [1.82, 2.24) is 5.32 Å². The molecule has 1 N–H and O–H groups in total. The maximum Gasteiger partial charge on any atom is 0.408 e. The van der Waals surface area contributed by atoms with Crippen molar-refractivity contribution < 1.29 is 22.0 Å². The van der Waals surface area contributed by atoms with Gasteiger partial charge in [0.15, 0.2) is 11.6 Å². The zero-order valence-electron chi connectivity index (χ0n) is 10.8. The Kier molecular flexibility index (Phi) is 4.57. The van der Waals surface area contributed by atoms with E-state index >= 15 is 0 Å². The van der Waals surface area contributed by atoms with Crippen LogP contribution >= 0.6 is 0 Å². The Hall–Kier alpha value is -1.95. The third-order valence-corrected chi connectivity index (χ3v) is 2.97. The number of alkyl halides is 3. The van der Waals surface area contributed by atoms with E-state index in [1.54, 1.807) is 30.3 Å². The molecule has 0 spiro atoms. The van der Waals surface area contributed by atoms with Gasteiger partial charge in [-0.25, -0.2) is 8.78 Å². The van der Waals surface area contributed by atoms with Gasteiger partial charge in [-0.3, -0.25) is 5.32 Å². The third kappa shape index (κ3) is 3.78. The highest BCUT2D eigenvalue weighted by Crippen LogP contribution is 2.34. The monoisotopic (exact) mass is 301 g/mol. The fourth-order valence-corrected chi connectivity index (χ4v) is 1.96. The van der Waals surface area contributed by atoms with Gasteiger partial charge in [-0.1, -0.05) is 42.5 Å². The van der Waals surface area contributed by atoms with Crippen molar-refractivity contribution in [2.45, 2.75) is 18.8 Å². The van der Waals surface area contributed by atoms with Gasteiger partial charge in [-0.15, -0.1) is 0 Å². The average molecular weight is 301 g/mol. The Labute approximate surface area is 118 Å². The number of halogens is 5. The Balaban J connectivity index is 2.25. The van der Waals surface area contributed by atoms with Crippen molar-refractivity contribution in [2.75, 3.05) is 0 Å². The molecule has 0 saturated heterocycles. The second kappa shape index (κ2) is 6.22. The minimum atomic E-state index is -4.73. The predicted molar refractivity (Wildman–Crippen MR) is 68.4 cm³/mol. The molecule has 0 unspecified atom stereocenters. The highest BCUT2D eigenvalue weighted by molar-refractivity contribution is 5.24. The van der Waals surface area contributed by atoms with Gasteiger partial charge in [0.1, 0.15) is 6.04 Å². The maximum atomic E-state index is 13.6. The Morgan fingerprint density at radius 3 is 2.19 bits per heavy atom. The fourth-order valence-electron chi connectivity index (χ4n) is 1.96. The molecular weight excluding hydrogens is 289 g/mol. The summed E-state index contributed by atoms with van der Waals surface area (Å²) >= 11 is 0. The average Bonchev–Trinajstić information content (AvgIpc) is 2.43. The van der Waals surface area contributed by atoms with Crippen LogP contribution in [0.4, 0.5) is 22.0 Å². The summed E-state index contributed by atoms with van der Waals surface area (Å²) in [5.41, 5.74) is -0.137. The summed E-state index contributed by atoms with van der Waals surface area (Å²) in [5, 5.41) is 2.23. The van der Waals surface area contributed by atoms with Crippen molar-refractivity contribution in [2.24, 2.45) is 0 Å². The first-order chi connectivity index (χ1) is 9.89. The van der Waals surface area contributed by atoms with Gasteiger partial charge in [0.25, 0.3) is 0 Å². The van der Waals surface area contributed by atoms with Crippen molar-refractivity contribution >= 4 is 0 Å². The molecule has 112 valence electrons. The van der Waals surface area contributed by atoms with Gasteiger partial charge in [0, 0.05) is 12.1 Å². The van der Waals surface area contributed by atoms with Gasteiger partial charge >= 0.3 is 6.18 Å². The number of benzene rings is 2. The summed E-state index contributed by atoms with van der Waals surface area (Å²) in [7, 11) is 0. The Bertz CT molecular complexity index is 595. The van der Waals surface area contributed by atoms with Gasteiger partial charge in [-0.05, 0) is 11.6 Å². The van der Waals surface area contributed by atoms with Gasteiger partial charge in [-0.2, -0.15) is 13.2 Å². The lowest BCUT2D eigenvalue weighted by Gasteiger charge is -2.22. The van der Waals surface area contributed by atoms with Crippen LogP contribution in [0.25, 0.3) is 0 Å². The van der Waals surface area contributed by atoms with Gasteiger partial charge in [0.05, 0.1) is 0 Å². The second-order valence-corrected chi connectivity index (χ2v) is 4.48. The predicted octanol–water partition coefficient (Wildman–Crippen LogP) is 4.36. The number of nitrogens with one attached hydrogen (secondary N) is 1. The summed E-state index contributed by atoms with van der Waals surface area (Å²) in [4.78, 5) is 0. The summed E-state index contributed by atoms with van der Waals surface area (Å²) in [5.74, 6) is -2.79. The molecule has 1 atom stereocenters. The third-order valence-electron chi connectivity index (χ3n) is 2.97. The minimum absolute atomic E-state index is 0.110. The standard InChI is InChI=1S/C15H12F5N/c16-12-8-4-7-11(13(12)17)14(15(18,19)20)21-9-10-5-2-1-3-6-10/h1-8,14,21H,9H2/t14-/m0/s1. The molecular formula is C15H12F5N. The van der Waals surface area contributed by atoms with Crippen LogP contribution in [0.1, 0.15) is 17.2 Å². The van der Waals surface area contributed by atoms with Crippen LogP contribution in [0.3, 0.4) is 0 Å². The maximum absolute atomic E-state index is 13.6. The molecule has 6 heteroatoms. The minimum Gasteiger partial charge on any atom is -0.298 e. The van der Waals surface area contributed by atoms with E-state index in [-0.39, 0.29) is 6.54 Å². The fraction of sp³-hybridized carbons (Fsp3) is 0.200. The topological polar surface area (TPSA) is 12.0 Å². The number of hydrogen-bond acceptors (Lipinski definition) is 1. The molecule has 0 saturated carbocycles. The van der Waals surface area contributed by atoms with E-state index in [0.717, 1.165) is 18.2 Å². The van der Waals surface area contributed by atoms with Crippen LogP contribution < -0.4 is 5.32 Å². The number of hydrogen-bond donors (Lipinski definition) is 1. The highest BCUT2D eigenvalue weighted by Gasteiger charge is 2.42. The van der Waals surface area contributed by atoms with E-state index in [1.807, 2.05) is 0 Å². The summed E-state index contributed by atoms with van der Waals surface area (Å²) < 4.78 is 65.9. The van der Waals surface area contributed by atoms with Crippen LogP contribution in [0.15, 0.2) is 48.5 Å². The van der Waals surface area contributed by atoms with Crippen molar-refractivity contribution in [3.63, 3.8) is 0 Å².